The van der Waals surface area contributed by atoms with Crippen LogP contribution in [0.15, 0.2) is 115 Å². The van der Waals surface area contributed by atoms with Crippen LogP contribution in [-0.2, 0) is 24.6 Å². The van der Waals surface area contributed by atoms with E-state index in [0.717, 1.165) is 16.1 Å². The van der Waals surface area contributed by atoms with Gasteiger partial charge in [0.15, 0.2) is 0 Å². The number of aromatic hydroxyl groups is 1. The maximum atomic E-state index is 15.1. The number of amides is 4. The normalized spacial score (nSPS) is 27.1. The number of hydrazine groups is 1. The molecule has 8 rings (SSSR count). The first-order valence-corrected chi connectivity index (χ1v) is 16.8. The second kappa shape index (κ2) is 11.8. The summed E-state index contributed by atoms with van der Waals surface area (Å²) < 4.78 is 13.8. The molecule has 4 amide bonds. The number of rotatable bonds is 6. The number of allylic oxidation sites excluding steroid dienone is 2. The summed E-state index contributed by atoms with van der Waals surface area (Å²) in [5, 5.41) is 11.7. The van der Waals surface area contributed by atoms with Crippen molar-refractivity contribution in [3.8, 4) is 5.75 Å². The third-order valence-electron chi connectivity index (χ3n) is 10.9. The van der Waals surface area contributed by atoms with Gasteiger partial charge in [-0.1, -0.05) is 72.3 Å². The molecule has 2 aliphatic carbocycles. The smallest absolute Gasteiger partial charge is 0.260 e. The van der Waals surface area contributed by atoms with E-state index in [1.165, 1.54) is 41.3 Å². The number of benzene rings is 4. The Morgan fingerprint density at radius 2 is 1.52 bits per heavy atom. The summed E-state index contributed by atoms with van der Waals surface area (Å²) >= 11 is 6.33. The lowest BCUT2D eigenvalue weighted by molar-refractivity contribution is -0.138. The van der Waals surface area contributed by atoms with Crippen molar-refractivity contribution in [3.05, 3.63) is 143 Å². The summed E-state index contributed by atoms with van der Waals surface area (Å²) in [5.41, 5.74) is 5.11. The zero-order valence-electron chi connectivity index (χ0n) is 26.6. The molecule has 0 spiro atoms. The molecule has 250 valence electrons. The van der Waals surface area contributed by atoms with Crippen LogP contribution >= 0.6 is 11.6 Å². The Morgan fingerprint density at radius 1 is 0.840 bits per heavy atom. The second-order valence-electron chi connectivity index (χ2n) is 13.3. The van der Waals surface area contributed by atoms with E-state index in [2.05, 4.69) is 12.0 Å². The molecule has 0 aromatic heterocycles. The summed E-state index contributed by atoms with van der Waals surface area (Å²) in [6.07, 6.45) is 4.05. The first kappa shape index (κ1) is 31.7. The van der Waals surface area contributed by atoms with Crippen LogP contribution in [0.2, 0.25) is 5.02 Å². The number of nitrogens with one attached hydrogen (secondary N) is 1. The molecule has 10 heteroatoms. The Hall–Kier alpha value is -5.54. The van der Waals surface area contributed by atoms with E-state index in [1.807, 2.05) is 6.08 Å². The van der Waals surface area contributed by atoms with E-state index in [1.54, 1.807) is 66.7 Å². The summed E-state index contributed by atoms with van der Waals surface area (Å²) in [5.74, 6) is -5.78. The van der Waals surface area contributed by atoms with Crippen LogP contribution in [-0.4, -0.2) is 33.7 Å². The van der Waals surface area contributed by atoms with Crippen molar-refractivity contribution in [2.45, 2.75) is 24.2 Å². The van der Waals surface area contributed by atoms with E-state index in [9.17, 15) is 23.9 Å². The van der Waals surface area contributed by atoms with Gasteiger partial charge in [0.2, 0.25) is 11.8 Å². The molecule has 0 unspecified atom stereocenters. The highest BCUT2D eigenvalue weighted by Gasteiger charge is 2.70. The van der Waals surface area contributed by atoms with Gasteiger partial charge in [-0.05, 0) is 96.1 Å². The van der Waals surface area contributed by atoms with Crippen LogP contribution < -0.4 is 10.3 Å². The number of carbonyl (C=O) groups excluding carboxylic acids is 4. The number of carbonyl (C=O) groups is 4. The standard InChI is InChI=1S/C40H31ClFN3O5/c1-2-22-3-15-28(16-4-22)44-36(47)31-20-19-30-32(34(31)38(44)49)21-33-37(48)45(43-27-13-11-26(42)12-14-27)39(50)40(33,24-7-9-25(41)10-8-24)35(30)23-5-17-29(46)18-6-23/h2-19,31-35,43,46H,1,20-21H2/t31-,32+,33-,34-,35-,40+/m0/s1. The Kier molecular flexibility index (Phi) is 7.49. The van der Waals surface area contributed by atoms with Crippen molar-refractivity contribution in [3.63, 3.8) is 0 Å². The number of phenolic OH excluding ortho intramolecular Hbond substituents is 1. The lowest BCUT2D eigenvalue weighted by Gasteiger charge is -2.50. The Labute approximate surface area is 292 Å². The lowest BCUT2D eigenvalue weighted by Crippen LogP contribution is -2.53. The van der Waals surface area contributed by atoms with Gasteiger partial charge in [-0.3, -0.25) is 29.5 Å². The molecular formula is C40H31ClFN3O5. The van der Waals surface area contributed by atoms with E-state index < -0.39 is 52.6 Å². The van der Waals surface area contributed by atoms with Gasteiger partial charge in [0.05, 0.1) is 34.5 Å². The van der Waals surface area contributed by atoms with Crippen molar-refractivity contribution in [2.24, 2.45) is 23.7 Å². The number of phenols is 1. The SMILES string of the molecule is C=Cc1ccc(N2C(=O)[C@H]3[C@H](CC=C4[C@H]3C[C@H]3C(=O)N(Nc5ccc(F)cc5)C(=O)[C@@]3(c3ccc(Cl)cc3)[C@H]4c3ccc(O)cc3)C2=O)cc1. The first-order chi connectivity index (χ1) is 24.1. The molecule has 0 bridgehead atoms. The quantitative estimate of drug-likeness (QED) is 0.167. The molecule has 2 heterocycles. The zero-order valence-corrected chi connectivity index (χ0v) is 27.4. The van der Waals surface area contributed by atoms with Crippen LogP contribution in [0.3, 0.4) is 0 Å². The van der Waals surface area contributed by atoms with Crippen LogP contribution in [0, 0.1) is 29.5 Å². The van der Waals surface area contributed by atoms with Gasteiger partial charge in [0.25, 0.3) is 11.8 Å². The first-order valence-electron chi connectivity index (χ1n) is 16.4. The number of fused-ring (bicyclic) bond motifs is 4. The van der Waals surface area contributed by atoms with E-state index in [-0.39, 0.29) is 30.4 Å². The maximum absolute atomic E-state index is 15.1. The van der Waals surface area contributed by atoms with Gasteiger partial charge in [-0.15, -0.1) is 0 Å². The monoisotopic (exact) mass is 687 g/mol. The molecule has 4 aliphatic rings. The van der Waals surface area contributed by atoms with E-state index >= 15 is 4.79 Å². The van der Waals surface area contributed by atoms with Gasteiger partial charge in [0, 0.05) is 10.9 Å². The average molecular weight is 688 g/mol. The van der Waals surface area contributed by atoms with Gasteiger partial charge in [-0.2, -0.15) is 5.01 Å². The molecule has 50 heavy (non-hydrogen) atoms. The molecular weight excluding hydrogens is 657 g/mol. The van der Waals surface area contributed by atoms with Crippen molar-refractivity contribution in [2.75, 3.05) is 10.3 Å². The maximum Gasteiger partial charge on any atom is 0.260 e. The predicted molar refractivity (Wildman–Crippen MR) is 186 cm³/mol. The van der Waals surface area contributed by atoms with Gasteiger partial charge in [-0.25, -0.2) is 4.39 Å². The van der Waals surface area contributed by atoms with Crippen LogP contribution in [0.1, 0.15) is 35.4 Å². The summed E-state index contributed by atoms with van der Waals surface area (Å²) in [4.78, 5) is 59.4. The number of hydrogen-bond donors (Lipinski definition) is 2. The van der Waals surface area contributed by atoms with Crippen molar-refractivity contribution in [1.29, 1.82) is 0 Å². The van der Waals surface area contributed by atoms with Crippen LogP contribution in [0.25, 0.3) is 6.08 Å². The zero-order chi connectivity index (χ0) is 34.9. The molecule has 0 radical (unpaired) electrons. The minimum Gasteiger partial charge on any atom is -0.508 e. The summed E-state index contributed by atoms with van der Waals surface area (Å²) in [7, 11) is 0. The fraction of sp³-hybridized carbons (Fsp3) is 0.200. The highest BCUT2D eigenvalue weighted by atomic mass is 35.5. The highest BCUT2D eigenvalue weighted by Crippen LogP contribution is 2.64. The summed E-state index contributed by atoms with van der Waals surface area (Å²) in [6, 6.07) is 25.8. The number of halogens is 2. The average Bonchev–Trinajstić information content (AvgIpc) is 3.50. The Bertz CT molecular complexity index is 2100. The Balaban J connectivity index is 1.30. The summed E-state index contributed by atoms with van der Waals surface area (Å²) in [6.45, 7) is 3.78. The second-order valence-corrected chi connectivity index (χ2v) is 13.7. The van der Waals surface area contributed by atoms with Crippen LogP contribution in [0.5, 0.6) is 5.75 Å². The molecule has 6 atom stereocenters. The van der Waals surface area contributed by atoms with Crippen LogP contribution in [0.4, 0.5) is 15.8 Å². The molecule has 2 aliphatic heterocycles. The topological polar surface area (TPSA) is 107 Å². The minimum atomic E-state index is -1.49. The largest absolute Gasteiger partial charge is 0.508 e. The number of nitrogens with zero attached hydrogens (tertiary/aromatic N) is 2. The molecule has 4 aromatic rings. The van der Waals surface area contributed by atoms with Gasteiger partial charge < -0.3 is 5.11 Å². The molecule has 2 N–H and O–H groups in total. The van der Waals surface area contributed by atoms with Crippen molar-refractivity contribution in [1.82, 2.24) is 5.01 Å². The van der Waals surface area contributed by atoms with E-state index in [4.69, 9.17) is 11.6 Å². The number of hydrogen-bond acceptors (Lipinski definition) is 6. The lowest BCUT2D eigenvalue weighted by atomic mass is 9.49. The third kappa shape index (κ3) is 4.64. The molecule has 4 aromatic carbocycles. The molecule has 1 saturated carbocycles. The fourth-order valence-corrected chi connectivity index (χ4v) is 8.84. The number of imide groups is 2. The molecule has 3 fully saturated rings. The molecule has 8 nitrogen and oxygen atoms in total. The van der Waals surface area contributed by atoms with Crippen molar-refractivity contribution >= 4 is 52.7 Å². The number of anilines is 2. The van der Waals surface area contributed by atoms with Gasteiger partial charge >= 0.3 is 0 Å². The molecule has 2 saturated heterocycles. The predicted octanol–water partition coefficient (Wildman–Crippen LogP) is 7.02. The highest BCUT2D eigenvalue weighted by molar-refractivity contribution is 6.30. The van der Waals surface area contributed by atoms with Gasteiger partial charge in [0.1, 0.15) is 11.6 Å². The van der Waals surface area contributed by atoms with E-state index in [0.29, 0.717) is 27.5 Å². The minimum absolute atomic E-state index is 0.0269. The third-order valence-corrected chi connectivity index (χ3v) is 11.1. The van der Waals surface area contributed by atoms with Crippen molar-refractivity contribution < 1.29 is 28.7 Å². The fourth-order valence-electron chi connectivity index (χ4n) is 8.71. The Morgan fingerprint density at radius 3 is 2.18 bits per heavy atom.